The normalized spacial score (nSPS) is 40.6. The Bertz CT molecular complexity index is 148. The lowest BCUT2D eigenvalue weighted by atomic mass is 9.99. The average molecular weight is 190 g/mol. The maximum Gasteiger partial charge on any atom is 0.168 e. The maximum atomic E-state index is 9.00. The summed E-state index contributed by atoms with van der Waals surface area (Å²) in [6, 6.07) is 0. The van der Waals surface area contributed by atoms with Gasteiger partial charge < -0.3 is 19.3 Å². The smallest absolute Gasteiger partial charge is 0.168 e. The summed E-state index contributed by atoms with van der Waals surface area (Å²) in [4.78, 5) is 0. The van der Waals surface area contributed by atoms with Crippen molar-refractivity contribution in [1.82, 2.24) is 0 Å². The maximum absolute atomic E-state index is 9.00. The van der Waals surface area contributed by atoms with Gasteiger partial charge in [0.2, 0.25) is 0 Å². The van der Waals surface area contributed by atoms with Crippen molar-refractivity contribution in [2.24, 2.45) is 0 Å². The van der Waals surface area contributed by atoms with E-state index in [-0.39, 0.29) is 18.8 Å². The van der Waals surface area contributed by atoms with Crippen LogP contribution in [0.25, 0.3) is 0 Å². The van der Waals surface area contributed by atoms with Crippen LogP contribution < -0.4 is 0 Å². The third-order valence-corrected chi connectivity index (χ3v) is 2.51. The van der Waals surface area contributed by atoms with Crippen molar-refractivity contribution in [1.29, 1.82) is 0 Å². The molecule has 1 aliphatic rings. The van der Waals surface area contributed by atoms with Crippen LogP contribution in [-0.2, 0) is 14.2 Å². The standard InChI is InChI=1S/C9H18O4/c1-9(12-3)5-7(11-2)4-8(6-10)13-9/h7-8,10H,4-6H2,1-3H3. The molecule has 0 radical (unpaired) electrons. The molecule has 0 bridgehead atoms. The number of hydrogen-bond donors (Lipinski definition) is 1. The van der Waals surface area contributed by atoms with Gasteiger partial charge in [-0.2, -0.15) is 0 Å². The van der Waals surface area contributed by atoms with Gasteiger partial charge in [-0.1, -0.05) is 0 Å². The summed E-state index contributed by atoms with van der Waals surface area (Å²) in [5.41, 5.74) is 0. The highest BCUT2D eigenvalue weighted by atomic mass is 16.7. The zero-order valence-electron chi connectivity index (χ0n) is 8.45. The lowest BCUT2D eigenvalue weighted by molar-refractivity contribution is -0.281. The Morgan fingerprint density at radius 1 is 1.54 bits per heavy atom. The van der Waals surface area contributed by atoms with Crippen LogP contribution in [0.1, 0.15) is 19.8 Å². The molecule has 1 saturated heterocycles. The van der Waals surface area contributed by atoms with Crippen LogP contribution in [0.4, 0.5) is 0 Å². The summed E-state index contributed by atoms with van der Waals surface area (Å²) in [7, 11) is 3.27. The first-order valence-electron chi connectivity index (χ1n) is 4.50. The van der Waals surface area contributed by atoms with Crippen molar-refractivity contribution in [3.05, 3.63) is 0 Å². The van der Waals surface area contributed by atoms with E-state index in [0.29, 0.717) is 6.42 Å². The highest BCUT2D eigenvalue weighted by Gasteiger charge is 2.38. The predicted octanol–water partition coefficient (Wildman–Crippen LogP) is 0.535. The number of rotatable bonds is 3. The van der Waals surface area contributed by atoms with Crippen LogP contribution in [0.15, 0.2) is 0 Å². The fourth-order valence-electron chi connectivity index (χ4n) is 1.66. The van der Waals surface area contributed by atoms with Crippen molar-refractivity contribution >= 4 is 0 Å². The second kappa shape index (κ2) is 4.37. The molecule has 0 spiro atoms. The Morgan fingerprint density at radius 3 is 2.69 bits per heavy atom. The van der Waals surface area contributed by atoms with Gasteiger partial charge in [0.15, 0.2) is 5.79 Å². The van der Waals surface area contributed by atoms with E-state index in [0.717, 1.165) is 6.42 Å². The van der Waals surface area contributed by atoms with Crippen LogP contribution in [-0.4, -0.2) is 43.9 Å². The van der Waals surface area contributed by atoms with Gasteiger partial charge in [0.1, 0.15) is 0 Å². The first-order chi connectivity index (χ1) is 6.13. The zero-order chi connectivity index (χ0) is 9.90. The van der Waals surface area contributed by atoms with Gasteiger partial charge in [0.25, 0.3) is 0 Å². The van der Waals surface area contributed by atoms with Gasteiger partial charge in [0, 0.05) is 27.1 Å². The van der Waals surface area contributed by atoms with Gasteiger partial charge >= 0.3 is 0 Å². The molecule has 4 heteroatoms. The highest BCUT2D eigenvalue weighted by Crippen LogP contribution is 2.30. The minimum Gasteiger partial charge on any atom is -0.394 e. The number of methoxy groups -OCH3 is 2. The van der Waals surface area contributed by atoms with Crippen molar-refractivity contribution in [3.63, 3.8) is 0 Å². The third-order valence-electron chi connectivity index (χ3n) is 2.51. The zero-order valence-corrected chi connectivity index (χ0v) is 8.45. The highest BCUT2D eigenvalue weighted by molar-refractivity contribution is 4.80. The van der Waals surface area contributed by atoms with E-state index in [9.17, 15) is 0 Å². The average Bonchev–Trinajstić information content (AvgIpc) is 2.17. The fourth-order valence-corrected chi connectivity index (χ4v) is 1.66. The lowest BCUT2D eigenvalue weighted by Gasteiger charge is -2.40. The molecule has 0 aromatic rings. The molecule has 0 saturated carbocycles. The Hall–Kier alpha value is -0.160. The number of hydrogen-bond acceptors (Lipinski definition) is 4. The molecule has 4 nitrogen and oxygen atoms in total. The van der Waals surface area contributed by atoms with Gasteiger partial charge in [-0.25, -0.2) is 0 Å². The minimum absolute atomic E-state index is 0.0127. The molecule has 1 fully saturated rings. The van der Waals surface area contributed by atoms with Crippen LogP contribution in [0.3, 0.4) is 0 Å². The van der Waals surface area contributed by atoms with E-state index < -0.39 is 5.79 Å². The third kappa shape index (κ3) is 2.64. The fraction of sp³-hybridized carbons (Fsp3) is 1.00. The predicted molar refractivity (Wildman–Crippen MR) is 47.4 cm³/mol. The molecule has 1 N–H and O–H groups in total. The van der Waals surface area contributed by atoms with Crippen LogP contribution in [0.5, 0.6) is 0 Å². The number of ether oxygens (including phenoxy) is 3. The summed E-state index contributed by atoms with van der Waals surface area (Å²) in [6.45, 7) is 1.87. The molecule has 1 rings (SSSR count). The monoisotopic (exact) mass is 190 g/mol. The number of aliphatic hydroxyl groups is 1. The van der Waals surface area contributed by atoms with Gasteiger partial charge in [-0.15, -0.1) is 0 Å². The van der Waals surface area contributed by atoms with E-state index >= 15 is 0 Å². The molecule has 0 aliphatic carbocycles. The van der Waals surface area contributed by atoms with Crippen molar-refractivity contribution < 1.29 is 19.3 Å². The van der Waals surface area contributed by atoms with E-state index in [1.807, 2.05) is 6.92 Å². The van der Waals surface area contributed by atoms with E-state index in [4.69, 9.17) is 19.3 Å². The Labute approximate surface area is 78.8 Å². The van der Waals surface area contributed by atoms with E-state index in [2.05, 4.69) is 0 Å². The van der Waals surface area contributed by atoms with E-state index in [1.54, 1.807) is 14.2 Å². The Kier molecular flexibility index (Phi) is 3.67. The summed E-state index contributed by atoms with van der Waals surface area (Å²) < 4.78 is 16.0. The number of aliphatic hydroxyl groups excluding tert-OH is 1. The second-order valence-electron chi connectivity index (χ2n) is 3.56. The second-order valence-corrected chi connectivity index (χ2v) is 3.56. The SMILES string of the molecule is COC1CC(CO)OC(C)(OC)C1. The van der Waals surface area contributed by atoms with E-state index in [1.165, 1.54) is 0 Å². The molecule has 0 aromatic carbocycles. The largest absolute Gasteiger partial charge is 0.394 e. The van der Waals surface area contributed by atoms with Crippen LogP contribution in [0, 0.1) is 0 Å². The van der Waals surface area contributed by atoms with Crippen molar-refractivity contribution in [3.8, 4) is 0 Å². The van der Waals surface area contributed by atoms with Crippen LogP contribution in [0.2, 0.25) is 0 Å². The van der Waals surface area contributed by atoms with Crippen LogP contribution >= 0.6 is 0 Å². The van der Waals surface area contributed by atoms with Crippen molar-refractivity contribution in [2.45, 2.75) is 37.8 Å². The molecule has 0 aromatic heterocycles. The first kappa shape index (κ1) is 10.9. The molecule has 1 aliphatic heterocycles. The molecule has 0 amide bonds. The summed E-state index contributed by atoms with van der Waals surface area (Å²) in [5.74, 6) is -0.619. The first-order valence-corrected chi connectivity index (χ1v) is 4.50. The summed E-state index contributed by atoms with van der Waals surface area (Å²) >= 11 is 0. The molecule has 78 valence electrons. The topological polar surface area (TPSA) is 47.9 Å². The molecule has 1 heterocycles. The quantitative estimate of drug-likeness (QED) is 0.705. The van der Waals surface area contributed by atoms with Gasteiger partial charge in [0.05, 0.1) is 18.8 Å². The van der Waals surface area contributed by atoms with Gasteiger partial charge in [-0.3, -0.25) is 0 Å². The molecular weight excluding hydrogens is 172 g/mol. The Morgan fingerprint density at radius 2 is 2.23 bits per heavy atom. The Balaban J connectivity index is 2.59. The molecular formula is C9H18O4. The molecule has 3 unspecified atom stereocenters. The lowest BCUT2D eigenvalue weighted by Crippen LogP contribution is -2.47. The summed E-state index contributed by atoms with van der Waals surface area (Å²) in [6.07, 6.45) is 1.36. The minimum atomic E-state index is -0.619. The van der Waals surface area contributed by atoms with Crippen molar-refractivity contribution in [2.75, 3.05) is 20.8 Å². The molecule has 13 heavy (non-hydrogen) atoms. The summed E-state index contributed by atoms with van der Waals surface area (Å²) in [5, 5.41) is 9.00. The van der Waals surface area contributed by atoms with Gasteiger partial charge in [-0.05, 0) is 6.92 Å². The molecule has 3 atom stereocenters.